The first-order valence-electron chi connectivity index (χ1n) is 7.30. The quantitative estimate of drug-likeness (QED) is 0.785. The minimum Gasteiger partial charge on any atom is -0.312 e. The monoisotopic (exact) mass is 302 g/mol. The third kappa shape index (κ3) is 8.07. The van der Waals surface area contributed by atoms with Crippen molar-refractivity contribution in [2.75, 3.05) is 20.1 Å². The highest BCUT2D eigenvalue weighted by molar-refractivity contribution is 5.26. The van der Waals surface area contributed by atoms with Crippen LogP contribution in [0.4, 0.5) is 13.2 Å². The van der Waals surface area contributed by atoms with Gasteiger partial charge in [0.05, 0.1) is 6.42 Å². The molecule has 2 nitrogen and oxygen atoms in total. The van der Waals surface area contributed by atoms with E-state index < -0.39 is 12.6 Å². The number of nitrogens with one attached hydrogen (secondary N) is 1. The van der Waals surface area contributed by atoms with Crippen molar-refractivity contribution in [2.45, 2.75) is 39.5 Å². The van der Waals surface area contributed by atoms with Crippen LogP contribution in [0.2, 0.25) is 0 Å². The zero-order valence-electron chi connectivity index (χ0n) is 13.0. The van der Waals surface area contributed by atoms with E-state index in [1.807, 2.05) is 24.3 Å². The van der Waals surface area contributed by atoms with Crippen molar-refractivity contribution < 1.29 is 13.2 Å². The molecule has 0 radical (unpaired) electrons. The van der Waals surface area contributed by atoms with Crippen LogP contribution in [0, 0.1) is 5.92 Å². The molecule has 1 aromatic carbocycles. The van der Waals surface area contributed by atoms with Crippen LogP contribution in [-0.2, 0) is 13.1 Å². The molecule has 1 rings (SSSR count). The van der Waals surface area contributed by atoms with Gasteiger partial charge in [0, 0.05) is 19.6 Å². The summed E-state index contributed by atoms with van der Waals surface area (Å²) in [6, 6.07) is 7.90. The van der Waals surface area contributed by atoms with Gasteiger partial charge >= 0.3 is 6.18 Å². The number of hydrogen-bond donors (Lipinski definition) is 1. The second-order valence-corrected chi connectivity index (χ2v) is 5.90. The van der Waals surface area contributed by atoms with Crippen LogP contribution in [0.3, 0.4) is 0 Å². The molecule has 120 valence electrons. The third-order valence-corrected chi connectivity index (χ3v) is 3.20. The van der Waals surface area contributed by atoms with Crippen molar-refractivity contribution in [1.29, 1.82) is 0 Å². The highest BCUT2D eigenvalue weighted by Gasteiger charge is 2.27. The van der Waals surface area contributed by atoms with Gasteiger partial charge in [-0.25, -0.2) is 0 Å². The van der Waals surface area contributed by atoms with Gasteiger partial charge in [0.2, 0.25) is 0 Å². The molecule has 0 bridgehead atoms. The molecule has 0 atom stereocenters. The van der Waals surface area contributed by atoms with Gasteiger partial charge in [-0.05, 0) is 30.6 Å². The van der Waals surface area contributed by atoms with E-state index in [1.54, 1.807) is 11.9 Å². The molecule has 0 amide bonds. The van der Waals surface area contributed by atoms with E-state index in [1.165, 1.54) is 0 Å². The predicted molar refractivity (Wildman–Crippen MR) is 80.0 cm³/mol. The molecule has 0 aliphatic rings. The molecule has 0 saturated carbocycles. The lowest BCUT2D eigenvalue weighted by Crippen LogP contribution is -2.25. The Labute approximate surface area is 125 Å². The highest BCUT2D eigenvalue weighted by atomic mass is 19.4. The molecular weight excluding hydrogens is 277 g/mol. The summed E-state index contributed by atoms with van der Waals surface area (Å²) in [4.78, 5) is 1.72. The first kappa shape index (κ1) is 18.0. The maximum Gasteiger partial charge on any atom is 0.390 e. The molecule has 0 fully saturated rings. The van der Waals surface area contributed by atoms with Gasteiger partial charge in [-0.2, -0.15) is 13.2 Å². The van der Waals surface area contributed by atoms with E-state index in [4.69, 9.17) is 0 Å². The van der Waals surface area contributed by atoms with Gasteiger partial charge in [0.15, 0.2) is 0 Å². The molecule has 21 heavy (non-hydrogen) atoms. The van der Waals surface area contributed by atoms with Crippen molar-refractivity contribution in [1.82, 2.24) is 10.2 Å². The van der Waals surface area contributed by atoms with E-state index in [0.717, 1.165) is 24.2 Å². The van der Waals surface area contributed by atoms with Gasteiger partial charge in [0.1, 0.15) is 0 Å². The van der Waals surface area contributed by atoms with Crippen LogP contribution in [0.15, 0.2) is 24.3 Å². The van der Waals surface area contributed by atoms with Crippen LogP contribution >= 0.6 is 0 Å². The highest BCUT2D eigenvalue weighted by Crippen LogP contribution is 2.20. The van der Waals surface area contributed by atoms with Crippen LogP contribution in [-0.4, -0.2) is 31.2 Å². The largest absolute Gasteiger partial charge is 0.390 e. The Hall–Kier alpha value is -1.07. The molecule has 0 aromatic heterocycles. The lowest BCUT2D eigenvalue weighted by Gasteiger charge is -2.20. The van der Waals surface area contributed by atoms with Crippen LogP contribution in [0.1, 0.15) is 31.4 Å². The number of rotatable bonds is 8. The molecule has 0 spiro atoms. The zero-order chi connectivity index (χ0) is 15.9. The zero-order valence-corrected chi connectivity index (χ0v) is 13.0. The smallest absolute Gasteiger partial charge is 0.312 e. The molecule has 1 N–H and O–H groups in total. The molecule has 0 aliphatic carbocycles. The first-order chi connectivity index (χ1) is 9.78. The first-order valence-corrected chi connectivity index (χ1v) is 7.30. The topological polar surface area (TPSA) is 15.3 Å². The summed E-state index contributed by atoms with van der Waals surface area (Å²) in [5.41, 5.74) is 2.23. The van der Waals surface area contributed by atoms with Gasteiger partial charge in [-0.3, -0.25) is 0 Å². The second-order valence-electron chi connectivity index (χ2n) is 5.90. The Morgan fingerprint density at radius 2 is 1.76 bits per heavy atom. The third-order valence-electron chi connectivity index (χ3n) is 3.20. The van der Waals surface area contributed by atoms with E-state index in [2.05, 4.69) is 19.2 Å². The summed E-state index contributed by atoms with van der Waals surface area (Å²) in [6.07, 6.45) is -4.86. The Morgan fingerprint density at radius 3 is 2.33 bits per heavy atom. The maximum atomic E-state index is 12.2. The van der Waals surface area contributed by atoms with E-state index >= 15 is 0 Å². The number of nitrogens with zero attached hydrogens (tertiary/aromatic N) is 1. The number of benzene rings is 1. The summed E-state index contributed by atoms with van der Waals surface area (Å²) in [5, 5.41) is 3.37. The van der Waals surface area contributed by atoms with Gasteiger partial charge in [-0.1, -0.05) is 38.1 Å². The summed E-state index contributed by atoms with van der Waals surface area (Å²) >= 11 is 0. The summed E-state index contributed by atoms with van der Waals surface area (Å²) in [6.45, 7) is 6.53. The van der Waals surface area contributed by atoms with Gasteiger partial charge in [-0.15, -0.1) is 0 Å². The normalized spacial score (nSPS) is 12.4. The fraction of sp³-hybridized carbons (Fsp3) is 0.625. The molecule has 0 aliphatic heterocycles. The number of halogens is 3. The van der Waals surface area contributed by atoms with E-state index in [-0.39, 0.29) is 6.54 Å². The van der Waals surface area contributed by atoms with Crippen LogP contribution in [0.25, 0.3) is 0 Å². The lowest BCUT2D eigenvalue weighted by atomic mass is 10.1. The van der Waals surface area contributed by atoms with Crippen molar-refractivity contribution in [3.05, 3.63) is 35.4 Å². The molecular formula is C16H25F3N2. The van der Waals surface area contributed by atoms with Gasteiger partial charge in [0.25, 0.3) is 0 Å². The SMILES string of the molecule is CC(C)CNCc1ccccc1CN(C)CCC(F)(F)F. The van der Waals surface area contributed by atoms with Gasteiger partial charge < -0.3 is 10.2 Å². The molecule has 0 unspecified atom stereocenters. The second kappa shape index (κ2) is 8.39. The summed E-state index contributed by atoms with van der Waals surface area (Å²) in [7, 11) is 1.73. The average molecular weight is 302 g/mol. The fourth-order valence-corrected chi connectivity index (χ4v) is 2.07. The molecule has 0 heterocycles. The molecule has 0 saturated heterocycles. The van der Waals surface area contributed by atoms with Crippen molar-refractivity contribution in [2.24, 2.45) is 5.92 Å². The van der Waals surface area contributed by atoms with E-state index in [9.17, 15) is 13.2 Å². The van der Waals surface area contributed by atoms with Crippen molar-refractivity contribution in [3.8, 4) is 0 Å². The Morgan fingerprint density at radius 1 is 1.14 bits per heavy atom. The molecule has 5 heteroatoms. The summed E-state index contributed by atoms with van der Waals surface area (Å²) < 4.78 is 36.7. The molecule has 1 aromatic rings. The van der Waals surface area contributed by atoms with Crippen LogP contribution < -0.4 is 5.32 Å². The number of alkyl halides is 3. The van der Waals surface area contributed by atoms with Crippen LogP contribution in [0.5, 0.6) is 0 Å². The predicted octanol–water partition coefficient (Wildman–Crippen LogP) is 3.82. The standard InChI is InChI=1S/C16H25F3N2/c1-13(2)10-20-11-14-6-4-5-7-15(14)12-21(3)9-8-16(17,18)19/h4-7,13,20H,8-12H2,1-3H3. The minimum atomic E-state index is -4.09. The summed E-state index contributed by atoms with van der Waals surface area (Å²) in [5.74, 6) is 0.576. The Balaban J connectivity index is 2.53. The number of hydrogen-bond acceptors (Lipinski definition) is 2. The average Bonchev–Trinajstić information content (AvgIpc) is 2.37. The Bertz CT molecular complexity index is 416. The van der Waals surface area contributed by atoms with E-state index in [0.29, 0.717) is 12.5 Å². The fourth-order valence-electron chi connectivity index (χ4n) is 2.07. The van der Waals surface area contributed by atoms with Crippen molar-refractivity contribution in [3.63, 3.8) is 0 Å². The maximum absolute atomic E-state index is 12.2. The lowest BCUT2D eigenvalue weighted by molar-refractivity contribution is -0.137. The van der Waals surface area contributed by atoms with Crippen molar-refractivity contribution >= 4 is 0 Å². The Kier molecular flexibility index (Phi) is 7.18. The minimum absolute atomic E-state index is 0.0251.